The molecule has 3 unspecified atom stereocenters. The van der Waals surface area contributed by atoms with Gasteiger partial charge in [-0.25, -0.2) is 4.79 Å². The van der Waals surface area contributed by atoms with Crippen molar-refractivity contribution in [1.82, 2.24) is 15.1 Å². The smallest absolute Gasteiger partial charge is 0.475 e. The van der Waals surface area contributed by atoms with Crippen LogP contribution >= 0.6 is 0 Å². The molecule has 2 amide bonds. The maximum absolute atomic E-state index is 13.3. The second-order valence-electron chi connectivity index (χ2n) is 11.6. The number of benzene rings is 3. The van der Waals surface area contributed by atoms with Crippen LogP contribution in [0, 0.1) is 25.7 Å². The van der Waals surface area contributed by atoms with Crippen molar-refractivity contribution in [1.29, 1.82) is 0 Å². The van der Waals surface area contributed by atoms with Crippen LogP contribution in [-0.2, 0) is 9.59 Å². The van der Waals surface area contributed by atoms with Crippen LogP contribution in [0.4, 0.5) is 13.2 Å². The van der Waals surface area contributed by atoms with Gasteiger partial charge in [0.25, 0.3) is 11.8 Å². The van der Waals surface area contributed by atoms with E-state index >= 15 is 0 Å². The van der Waals surface area contributed by atoms with Crippen molar-refractivity contribution in [3.05, 3.63) is 107 Å². The van der Waals surface area contributed by atoms with Crippen molar-refractivity contribution in [2.75, 3.05) is 32.7 Å². The van der Waals surface area contributed by atoms with Gasteiger partial charge in [-0.05, 0) is 54.4 Å². The lowest BCUT2D eigenvalue weighted by molar-refractivity contribution is -0.192. The van der Waals surface area contributed by atoms with E-state index in [-0.39, 0.29) is 17.9 Å². The van der Waals surface area contributed by atoms with Gasteiger partial charge in [0.15, 0.2) is 6.10 Å². The summed E-state index contributed by atoms with van der Waals surface area (Å²) in [6.45, 7) is 8.40. The maximum atomic E-state index is 13.3. The number of aliphatic carboxylic acids is 1. The molecule has 3 aromatic rings. The number of nitrogens with zero attached hydrogens (tertiary/aromatic N) is 2. The first kappa shape index (κ1) is 33.7. The van der Waals surface area contributed by atoms with Crippen LogP contribution in [0.5, 0.6) is 0 Å². The highest BCUT2D eigenvalue weighted by atomic mass is 19.4. The first-order valence-corrected chi connectivity index (χ1v) is 14.8. The van der Waals surface area contributed by atoms with E-state index in [1.807, 2.05) is 85.5 Å². The lowest BCUT2D eigenvalue weighted by Crippen LogP contribution is -2.36. The molecule has 11 heteroatoms. The average Bonchev–Trinajstić information content (AvgIpc) is 3.59. The van der Waals surface area contributed by atoms with Crippen molar-refractivity contribution in [3.8, 4) is 0 Å². The number of aliphatic hydroxyl groups is 1. The Bertz CT molecular complexity index is 1430. The predicted molar refractivity (Wildman–Crippen MR) is 162 cm³/mol. The lowest BCUT2D eigenvalue weighted by atomic mass is 10.0. The molecule has 0 aromatic heterocycles. The number of fused-ring (bicyclic) bond motifs is 1. The largest absolute Gasteiger partial charge is 0.490 e. The van der Waals surface area contributed by atoms with Gasteiger partial charge < -0.3 is 25.3 Å². The molecular formula is C34H38F3N3O5. The second kappa shape index (κ2) is 14.7. The highest BCUT2D eigenvalue weighted by Gasteiger charge is 2.42. The van der Waals surface area contributed by atoms with Crippen molar-refractivity contribution in [2.45, 2.75) is 38.6 Å². The van der Waals surface area contributed by atoms with E-state index in [0.717, 1.165) is 61.4 Å². The van der Waals surface area contributed by atoms with Crippen molar-refractivity contribution in [3.63, 3.8) is 0 Å². The summed E-state index contributed by atoms with van der Waals surface area (Å²) in [5.74, 6) is -2.03. The van der Waals surface area contributed by atoms with Gasteiger partial charge in [-0.2, -0.15) is 13.2 Å². The van der Waals surface area contributed by atoms with E-state index in [0.29, 0.717) is 17.4 Å². The van der Waals surface area contributed by atoms with E-state index in [1.54, 1.807) is 12.1 Å². The van der Waals surface area contributed by atoms with Crippen LogP contribution in [-0.4, -0.2) is 76.7 Å². The third-order valence-corrected chi connectivity index (χ3v) is 8.40. The number of halogens is 3. The van der Waals surface area contributed by atoms with E-state index in [4.69, 9.17) is 9.90 Å². The number of carboxylic acid groups (broad SMARTS) is 1. The SMILES string of the molecule is Cc1cccc(C)c1C(=O)N1CC2CN(CCC(NC(=O)C(O)c3ccccc3)c3ccccc3)C[C@H]2C1.O=C(O)C(F)(F)F. The quantitative estimate of drug-likeness (QED) is 0.328. The lowest BCUT2D eigenvalue weighted by Gasteiger charge is -2.26. The van der Waals surface area contributed by atoms with E-state index in [2.05, 4.69) is 10.2 Å². The number of aliphatic hydroxyl groups excluding tert-OH is 1. The summed E-state index contributed by atoms with van der Waals surface area (Å²) in [6.07, 6.45) is -5.53. The first-order valence-electron chi connectivity index (χ1n) is 14.8. The molecule has 8 nitrogen and oxygen atoms in total. The number of likely N-dealkylation sites (tertiary alicyclic amines) is 2. The minimum atomic E-state index is -5.08. The highest BCUT2D eigenvalue weighted by molar-refractivity contribution is 5.97. The number of amides is 2. The fourth-order valence-corrected chi connectivity index (χ4v) is 6.11. The summed E-state index contributed by atoms with van der Waals surface area (Å²) in [5, 5.41) is 20.8. The molecule has 2 fully saturated rings. The Hall–Kier alpha value is -4.22. The molecule has 3 aromatic carbocycles. The van der Waals surface area contributed by atoms with Gasteiger partial charge in [0.05, 0.1) is 6.04 Å². The van der Waals surface area contributed by atoms with Crippen LogP contribution in [0.1, 0.15) is 51.2 Å². The van der Waals surface area contributed by atoms with E-state index in [1.165, 1.54) is 0 Å². The summed E-state index contributed by atoms with van der Waals surface area (Å²) in [5.41, 5.74) is 4.55. The number of aryl methyl sites for hydroxylation is 2. The fraction of sp³-hybridized carbons (Fsp3) is 0.382. The van der Waals surface area contributed by atoms with Gasteiger partial charge in [0.2, 0.25) is 0 Å². The minimum absolute atomic E-state index is 0.158. The van der Waals surface area contributed by atoms with Crippen LogP contribution in [0.15, 0.2) is 78.9 Å². The Kier molecular flexibility index (Phi) is 11.0. The van der Waals surface area contributed by atoms with Crippen molar-refractivity contribution < 1.29 is 37.8 Å². The molecule has 240 valence electrons. The number of alkyl halides is 3. The van der Waals surface area contributed by atoms with Gasteiger partial charge >= 0.3 is 12.1 Å². The van der Waals surface area contributed by atoms with E-state index in [9.17, 15) is 27.9 Å². The monoisotopic (exact) mass is 625 g/mol. The molecule has 0 bridgehead atoms. The summed E-state index contributed by atoms with van der Waals surface area (Å²) in [4.78, 5) is 39.6. The number of nitrogens with one attached hydrogen (secondary N) is 1. The number of carboxylic acids is 1. The number of carbonyl (C=O) groups excluding carboxylic acids is 2. The van der Waals surface area contributed by atoms with Crippen LogP contribution in [0.2, 0.25) is 0 Å². The molecule has 0 spiro atoms. The number of hydrogen-bond donors (Lipinski definition) is 3. The third kappa shape index (κ3) is 8.70. The molecule has 2 aliphatic heterocycles. The molecule has 4 atom stereocenters. The van der Waals surface area contributed by atoms with Gasteiger partial charge in [-0.1, -0.05) is 78.9 Å². The summed E-state index contributed by atoms with van der Waals surface area (Å²) in [7, 11) is 0. The average molecular weight is 626 g/mol. The second-order valence-corrected chi connectivity index (χ2v) is 11.6. The maximum Gasteiger partial charge on any atom is 0.490 e. The molecular weight excluding hydrogens is 587 g/mol. The fourth-order valence-electron chi connectivity index (χ4n) is 6.11. The van der Waals surface area contributed by atoms with E-state index < -0.39 is 18.2 Å². The van der Waals surface area contributed by atoms with Crippen molar-refractivity contribution in [2.24, 2.45) is 11.8 Å². The highest BCUT2D eigenvalue weighted by Crippen LogP contribution is 2.33. The molecule has 2 heterocycles. The Morgan fingerprint density at radius 2 is 1.31 bits per heavy atom. The zero-order valence-corrected chi connectivity index (χ0v) is 25.2. The zero-order valence-electron chi connectivity index (χ0n) is 25.2. The Morgan fingerprint density at radius 1 is 0.822 bits per heavy atom. The predicted octanol–water partition coefficient (Wildman–Crippen LogP) is 4.92. The van der Waals surface area contributed by atoms with Gasteiger partial charge in [-0.15, -0.1) is 0 Å². The molecule has 0 saturated carbocycles. The Morgan fingerprint density at radius 3 is 1.80 bits per heavy atom. The topological polar surface area (TPSA) is 110 Å². The van der Waals surface area contributed by atoms with Gasteiger partial charge in [0.1, 0.15) is 0 Å². The molecule has 5 rings (SSSR count). The van der Waals surface area contributed by atoms with Crippen LogP contribution in [0.3, 0.4) is 0 Å². The number of carbonyl (C=O) groups is 3. The van der Waals surface area contributed by atoms with Crippen LogP contribution in [0.25, 0.3) is 0 Å². The molecule has 0 aliphatic carbocycles. The summed E-state index contributed by atoms with van der Waals surface area (Å²) >= 11 is 0. The Labute approximate surface area is 260 Å². The van der Waals surface area contributed by atoms with Crippen molar-refractivity contribution >= 4 is 17.8 Å². The van der Waals surface area contributed by atoms with Crippen LogP contribution < -0.4 is 5.32 Å². The molecule has 3 N–H and O–H groups in total. The Balaban J connectivity index is 0.000000591. The standard InChI is InChI=1S/C32H37N3O3.C2HF3O2/c1-22-10-9-11-23(2)29(22)32(38)35-20-26-18-34(19-27(26)21-35)17-16-28(24-12-5-3-6-13-24)33-31(37)30(36)25-14-7-4-8-15-25;3-2(4,5)1(6)7/h3-15,26-28,30,36H,16-21H2,1-2H3,(H,33,37);(H,6,7)/t26-,27?,28?,30?;/m0./s1. The summed E-state index contributed by atoms with van der Waals surface area (Å²) in [6, 6.07) is 24.8. The number of hydrogen-bond acceptors (Lipinski definition) is 5. The molecule has 0 radical (unpaired) electrons. The summed E-state index contributed by atoms with van der Waals surface area (Å²) < 4.78 is 31.7. The normalized spacial score (nSPS) is 19.2. The minimum Gasteiger partial charge on any atom is -0.475 e. The van der Waals surface area contributed by atoms with Gasteiger partial charge in [-0.3, -0.25) is 9.59 Å². The molecule has 2 saturated heterocycles. The first-order chi connectivity index (χ1) is 21.3. The zero-order chi connectivity index (χ0) is 32.7. The number of rotatable bonds is 8. The third-order valence-electron chi connectivity index (χ3n) is 8.40. The van der Waals surface area contributed by atoms with Gasteiger partial charge in [0, 0.05) is 38.3 Å². The molecule has 2 aliphatic rings. The molecule has 45 heavy (non-hydrogen) atoms.